The normalized spacial score (nSPS) is 12.2. The van der Waals surface area contributed by atoms with E-state index in [0.29, 0.717) is 34.7 Å². The molecule has 0 atom stereocenters. The minimum atomic E-state index is -0.549. The summed E-state index contributed by atoms with van der Waals surface area (Å²) in [4.78, 5) is 29.1. The SMILES string of the molecule is O=C(Cc1cc2c(cc1Br)OCCO2)Nc1cc(F)ccc1NC(=O)c1ccccn1. The predicted molar refractivity (Wildman–Crippen MR) is 116 cm³/mol. The number of anilines is 2. The number of fused-ring (bicyclic) bond motifs is 1. The molecule has 0 bridgehead atoms. The molecule has 31 heavy (non-hydrogen) atoms. The van der Waals surface area contributed by atoms with Crippen molar-refractivity contribution in [3.8, 4) is 11.5 Å². The maximum absolute atomic E-state index is 13.8. The first-order chi connectivity index (χ1) is 15.0. The fraction of sp³-hybridized carbons (Fsp3) is 0.136. The van der Waals surface area contributed by atoms with Crippen LogP contribution in [-0.4, -0.2) is 30.0 Å². The number of amides is 2. The Labute approximate surface area is 185 Å². The number of hydrogen-bond donors (Lipinski definition) is 2. The number of benzene rings is 2. The summed E-state index contributed by atoms with van der Waals surface area (Å²) in [6, 6.07) is 12.1. The molecule has 2 N–H and O–H groups in total. The number of pyridine rings is 1. The van der Waals surface area contributed by atoms with Gasteiger partial charge in [-0.2, -0.15) is 0 Å². The highest BCUT2D eigenvalue weighted by atomic mass is 79.9. The highest BCUT2D eigenvalue weighted by molar-refractivity contribution is 9.10. The third-order valence-corrected chi connectivity index (χ3v) is 5.20. The Balaban J connectivity index is 1.51. The summed E-state index contributed by atoms with van der Waals surface area (Å²) in [6.45, 7) is 0.898. The van der Waals surface area contributed by atoms with Crippen molar-refractivity contribution in [2.75, 3.05) is 23.8 Å². The van der Waals surface area contributed by atoms with Gasteiger partial charge in [-0.1, -0.05) is 22.0 Å². The lowest BCUT2D eigenvalue weighted by molar-refractivity contribution is -0.115. The number of halogens is 2. The Morgan fingerprint density at radius 3 is 2.52 bits per heavy atom. The van der Waals surface area contributed by atoms with E-state index < -0.39 is 17.6 Å². The summed E-state index contributed by atoms with van der Waals surface area (Å²) < 4.78 is 25.6. The molecule has 1 aromatic heterocycles. The van der Waals surface area contributed by atoms with Gasteiger partial charge in [0.15, 0.2) is 11.5 Å². The quantitative estimate of drug-likeness (QED) is 0.565. The van der Waals surface area contributed by atoms with Crippen molar-refractivity contribution in [3.05, 3.63) is 76.3 Å². The van der Waals surface area contributed by atoms with Crippen molar-refractivity contribution in [2.45, 2.75) is 6.42 Å². The van der Waals surface area contributed by atoms with Gasteiger partial charge in [0.1, 0.15) is 24.7 Å². The molecular formula is C22H17BrFN3O4. The van der Waals surface area contributed by atoms with Gasteiger partial charge < -0.3 is 20.1 Å². The second-order valence-electron chi connectivity index (χ2n) is 6.67. The van der Waals surface area contributed by atoms with E-state index in [1.165, 1.54) is 18.3 Å². The predicted octanol–water partition coefficient (Wildman–Crippen LogP) is 4.19. The maximum atomic E-state index is 13.8. The molecule has 0 saturated heterocycles. The fourth-order valence-corrected chi connectivity index (χ4v) is 3.48. The van der Waals surface area contributed by atoms with Gasteiger partial charge in [-0.05, 0) is 48.0 Å². The lowest BCUT2D eigenvalue weighted by Gasteiger charge is -2.20. The van der Waals surface area contributed by atoms with Crippen molar-refractivity contribution >= 4 is 39.1 Å². The monoisotopic (exact) mass is 485 g/mol. The first kappa shape index (κ1) is 20.8. The molecule has 7 nitrogen and oxygen atoms in total. The van der Waals surface area contributed by atoms with E-state index >= 15 is 0 Å². The van der Waals surface area contributed by atoms with Crippen LogP contribution in [0.5, 0.6) is 11.5 Å². The minimum Gasteiger partial charge on any atom is -0.486 e. The number of ether oxygens (including phenoxy) is 2. The zero-order chi connectivity index (χ0) is 21.8. The molecule has 1 aliphatic rings. The van der Waals surface area contributed by atoms with E-state index in [4.69, 9.17) is 9.47 Å². The average molecular weight is 486 g/mol. The van der Waals surface area contributed by atoms with Crippen molar-refractivity contribution in [3.63, 3.8) is 0 Å². The summed E-state index contributed by atoms with van der Waals surface area (Å²) in [5.74, 6) is -0.251. The van der Waals surface area contributed by atoms with Gasteiger partial charge >= 0.3 is 0 Å². The highest BCUT2D eigenvalue weighted by Crippen LogP contribution is 2.36. The maximum Gasteiger partial charge on any atom is 0.274 e. The van der Waals surface area contributed by atoms with Gasteiger partial charge in [0.05, 0.1) is 17.8 Å². The van der Waals surface area contributed by atoms with Crippen LogP contribution in [-0.2, 0) is 11.2 Å². The smallest absolute Gasteiger partial charge is 0.274 e. The Morgan fingerprint density at radius 1 is 1.00 bits per heavy atom. The Bertz CT molecular complexity index is 1140. The standard InChI is InChI=1S/C22H17BrFN3O4/c23-15-12-20-19(30-7-8-31-20)9-13(15)10-21(28)26-18-11-14(24)4-5-16(18)27-22(29)17-3-1-2-6-25-17/h1-6,9,11-12H,7-8,10H2,(H,26,28)(H,27,29). The van der Waals surface area contributed by atoms with Crippen LogP contribution in [0.4, 0.5) is 15.8 Å². The van der Waals surface area contributed by atoms with E-state index in [9.17, 15) is 14.0 Å². The number of rotatable bonds is 5. The fourth-order valence-electron chi connectivity index (χ4n) is 3.02. The molecule has 2 amide bonds. The van der Waals surface area contributed by atoms with Gasteiger partial charge in [-0.15, -0.1) is 0 Å². The van der Waals surface area contributed by atoms with Gasteiger partial charge in [-0.3, -0.25) is 14.6 Å². The van der Waals surface area contributed by atoms with Crippen molar-refractivity contribution in [2.24, 2.45) is 0 Å². The zero-order valence-electron chi connectivity index (χ0n) is 16.2. The number of carbonyl (C=O) groups is 2. The van der Waals surface area contributed by atoms with Gasteiger partial charge in [0, 0.05) is 10.7 Å². The molecule has 0 radical (unpaired) electrons. The average Bonchev–Trinajstić information content (AvgIpc) is 2.76. The second kappa shape index (κ2) is 9.13. The van der Waals surface area contributed by atoms with E-state index in [0.717, 1.165) is 6.07 Å². The van der Waals surface area contributed by atoms with Crippen LogP contribution in [0.2, 0.25) is 0 Å². The molecule has 0 fully saturated rings. The van der Waals surface area contributed by atoms with E-state index in [-0.39, 0.29) is 23.5 Å². The summed E-state index contributed by atoms with van der Waals surface area (Å²) in [6.07, 6.45) is 1.49. The molecule has 0 saturated carbocycles. The molecule has 158 valence electrons. The molecule has 2 heterocycles. The molecule has 1 aliphatic heterocycles. The van der Waals surface area contributed by atoms with Crippen LogP contribution >= 0.6 is 15.9 Å². The first-order valence-electron chi connectivity index (χ1n) is 9.39. The molecule has 3 aromatic rings. The molecular weight excluding hydrogens is 469 g/mol. The lowest BCUT2D eigenvalue weighted by Crippen LogP contribution is -2.19. The van der Waals surface area contributed by atoms with Gasteiger partial charge in [0.2, 0.25) is 5.91 Å². The number of carbonyl (C=O) groups excluding carboxylic acids is 2. The van der Waals surface area contributed by atoms with Gasteiger partial charge in [-0.25, -0.2) is 4.39 Å². The second-order valence-corrected chi connectivity index (χ2v) is 7.53. The lowest BCUT2D eigenvalue weighted by atomic mass is 10.1. The van der Waals surface area contributed by atoms with Crippen molar-refractivity contribution < 1.29 is 23.5 Å². The molecule has 4 rings (SSSR count). The first-order valence-corrected chi connectivity index (χ1v) is 10.2. The summed E-state index contributed by atoms with van der Waals surface area (Å²) in [7, 11) is 0. The van der Waals surface area contributed by atoms with E-state index in [1.807, 2.05) is 0 Å². The number of nitrogens with zero attached hydrogens (tertiary/aromatic N) is 1. The summed E-state index contributed by atoms with van der Waals surface area (Å²) in [5, 5.41) is 5.30. The van der Waals surface area contributed by atoms with Crippen molar-refractivity contribution in [1.29, 1.82) is 0 Å². The Hall–Kier alpha value is -3.46. The molecule has 2 aromatic carbocycles. The summed E-state index contributed by atoms with van der Waals surface area (Å²) in [5.41, 5.74) is 1.27. The van der Waals surface area contributed by atoms with Crippen LogP contribution < -0.4 is 20.1 Å². The van der Waals surface area contributed by atoms with Crippen LogP contribution in [0.3, 0.4) is 0 Å². The molecule has 0 spiro atoms. The molecule has 0 aliphatic carbocycles. The van der Waals surface area contributed by atoms with Crippen LogP contribution in [0.15, 0.2) is 59.2 Å². The topological polar surface area (TPSA) is 89.5 Å². The minimum absolute atomic E-state index is 0.00135. The van der Waals surface area contributed by atoms with E-state index in [2.05, 4.69) is 31.5 Å². The van der Waals surface area contributed by atoms with Crippen LogP contribution in [0, 0.1) is 5.82 Å². The molecule has 9 heteroatoms. The number of aromatic nitrogens is 1. The number of hydrogen-bond acceptors (Lipinski definition) is 5. The Morgan fingerprint density at radius 2 is 1.77 bits per heavy atom. The highest BCUT2D eigenvalue weighted by Gasteiger charge is 2.18. The third-order valence-electron chi connectivity index (χ3n) is 4.46. The summed E-state index contributed by atoms with van der Waals surface area (Å²) >= 11 is 3.43. The number of nitrogens with one attached hydrogen (secondary N) is 2. The van der Waals surface area contributed by atoms with E-state index in [1.54, 1.807) is 30.3 Å². The third kappa shape index (κ3) is 5.00. The largest absolute Gasteiger partial charge is 0.486 e. The van der Waals surface area contributed by atoms with Gasteiger partial charge in [0.25, 0.3) is 5.91 Å². The zero-order valence-corrected chi connectivity index (χ0v) is 17.7. The van der Waals surface area contributed by atoms with Crippen molar-refractivity contribution in [1.82, 2.24) is 4.98 Å². The Kier molecular flexibility index (Phi) is 6.13. The van der Waals surface area contributed by atoms with Crippen LogP contribution in [0.25, 0.3) is 0 Å². The molecule has 0 unspecified atom stereocenters. The van der Waals surface area contributed by atoms with Crippen LogP contribution in [0.1, 0.15) is 16.1 Å².